The van der Waals surface area contributed by atoms with Gasteiger partial charge in [-0.2, -0.15) is 0 Å². The third-order valence-corrected chi connectivity index (χ3v) is 3.67. The van der Waals surface area contributed by atoms with Crippen LogP contribution in [-0.4, -0.2) is 23.0 Å². The minimum Gasteiger partial charge on any atom is -0.449 e. The molecule has 25 heavy (non-hydrogen) atoms. The Morgan fingerprint density at radius 2 is 1.76 bits per heavy atom. The van der Waals surface area contributed by atoms with E-state index in [1.54, 1.807) is 18.2 Å². The van der Waals surface area contributed by atoms with Crippen LogP contribution in [0.4, 0.5) is 14.5 Å². The average Bonchev–Trinajstić information content (AvgIpc) is 3.02. The van der Waals surface area contributed by atoms with Crippen LogP contribution in [0, 0.1) is 11.6 Å². The maximum atomic E-state index is 13.6. The Balaban J connectivity index is 1.72. The van der Waals surface area contributed by atoms with Crippen molar-refractivity contribution in [3.63, 3.8) is 0 Å². The van der Waals surface area contributed by atoms with Gasteiger partial charge in [0.15, 0.2) is 6.10 Å². The molecule has 2 N–H and O–H groups in total. The fourth-order valence-electron chi connectivity index (χ4n) is 2.36. The highest BCUT2D eigenvalue weighted by Crippen LogP contribution is 2.20. The van der Waals surface area contributed by atoms with E-state index in [0.717, 1.165) is 17.6 Å². The van der Waals surface area contributed by atoms with Crippen molar-refractivity contribution < 1.29 is 23.1 Å². The van der Waals surface area contributed by atoms with Crippen LogP contribution in [0.2, 0.25) is 0 Å². The van der Waals surface area contributed by atoms with Gasteiger partial charge in [-0.25, -0.2) is 13.6 Å². The number of benzene rings is 2. The third kappa shape index (κ3) is 3.35. The van der Waals surface area contributed by atoms with Gasteiger partial charge in [0, 0.05) is 17.1 Å². The fourth-order valence-corrected chi connectivity index (χ4v) is 2.36. The van der Waals surface area contributed by atoms with E-state index in [9.17, 15) is 18.4 Å². The first-order valence-corrected chi connectivity index (χ1v) is 7.49. The molecule has 1 heterocycles. The number of aromatic nitrogens is 1. The molecule has 0 bridgehead atoms. The van der Waals surface area contributed by atoms with Crippen molar-refractivity contribution in [1.29, 1.82) is 0 Å². The molecule has 0 aliphatic carbocycles. The Morgan fingerprint density at radius 3 is 2.48 bits per heavy atom. The highest BCUT2D eigenvalue weighted by molar-refractivity contribution is 6.05. The van der Waals surface area contributed by atoms with Gasteiger partial charge in [0.05, 0.1) is 5.56 Å². The van der Waals surface area contributed by atoms with E-state index in [2.05, 4.69) is 10.3 Å². The van der Waals surface area contributed by atoms with Crippen molar-refractivity contribution in [1.82, 2.24) is 4.98 Å². The van der Waals surface area contributed by atoms with Gasteiger partial charge in [-0.05, 0) is 25.1 Å². The first-order chi connectivity index (χ1) is 12.0. The molecule has 0 fully saturated rings. The number of carbonyl (C=O) groups is 2. The molecule has 1 aromatic heterocycles. The van der Waals surface area contributed by atoms with Gasteiger partial charge in [0.25, 0.3) is 5.91 Å². The molecule has 5 nitrogen and oxygen atoms in total. The third-order valence-electron chi connectivity index (χ3n) is 3.67. The molecule has 0 aliphatic heterocycles. The number of H-pyrrole nitrogens is 1. The Bertz CT molecular complexity index is 932. The van der Waals surface area contributed by atoms with E-state index in [1.807, 2.05) is 6.07 Å². The number of ether oxygens (including phenoxy) is 1. The minimum atomic E-state index is -1.24. The predicted molar refractivity (Wildman–Crippen MR) is 88.2 cm³/mol. The zero-order chi connectivity index (χ0) is 18.0. The van der Waals surface area contributed by atoms with E-state index in [0.29, 0.717) is 5.39 Å². The molecular formula is C18H14F2N2O3. The van der Waals surface area contributed by atoms with E-state index in [4.69, 9.17) is 4.74 Å². The lowest BCUT2D eigenvalue weighted by Crippen LogP contribution is -2.30. The molecule has 7 heteroatoms. The smallest absolute Gasteiger partial charge is 0.341 e. The van der Waals surface area contributed by atoms with Crippen molar-refractivity contribution in [3.8, 4) is 0 Å². The lowest BCUT2D eigenvalue weighted by atomic mass is 10.2. The second-order valence-electron chi connectivity index (χ2n) is 5.38. The van der Waals surface area contributed by atoms with E-state index in [1.165, 1.54) is 19.2 Å². The molecule has 0 saturated carbocycles. The van der Waals surface area contributed by atoms with Crippen molar-refractivity contribution in [2.75, 3.05) is 5.32 Å². The summed E-state index contributed by atoms with van der Waals surface area (Å²) in [5.74, 6) is -3.38. The summed E-state index contributed by atoms with van der Waals surface area (Å²) in [6.45, 7) is 1.32. The van der Waals surface area contributed by atoms with E-state index >= 15 is 0 Å². The molecule has 1 atom stereocenters. The summed E-state index contributed by atoms with van der Waals surface area (Å²) < 4.78 is 32.2. The largest absolute Gasteiger partial charge is 0.449 e. The van der Waals surface area contributed by atoms with Gasteiger partial charge in [-0.15, -0.1) is 0 Å². The first kappa shape index (κ1) is 16.6. The number of nitrogens with one attached hydrogen (secondary N) is 2. The molecule has 3 aromatic rings. The normalized spacial score (nSPS) is 12.0. The molecule has 2 aromatic carbocycles. The summed E-state index contributed by atoms with van der Waals surface area (Å²) in [6, 6.07) is 10.3. The van der Waals surface area contributed by atoms with Gasteiger partial charge < -0.3 is 15.0 Å². The molecule has 0 spiro atoms. The van der Waals surface area contributed by atoms with Crippen molar-refractivity contribution in [3.05, 3.63) is 65.9 Å². The number of halogens is 2. The highest BCUT2D eigenvalue weighted by Gasteiger charge is 2.22. The molecule has 0 aliphatic rings. The molecule has 128 valence electrons. The Labute approximate surface area is 141 Å². The number of esters is 1. The van der Waals surface area contributed by atoms with Gasteiger partial charge in [-0.1, -0.05) is 24.3 Å². The molecule has 1 amide bonds. The van der Waals surface area contributed by atoms with Crippen LogP contribution in [0.3, 0.4) is 0 Å². The van der Waals surface area contributed by atoms with Crippen LogP contribution in [0.15, 0.2) is 48.7 Å². The number of fused-ring (bicyclic) bond motifs is 1. The van der Waals surface area contributed by atoms with Crippen LogP contribution in [0.1, 0.15) is 17.3 Å². The second kappa shape index (κ2) is 6.72. The van der Waals surface area contributed by atoms with Crippen molar-refractivity contribution in [2.24, 2.45) is 0 Å². The van der Waals surface area contributed by atoms with Crippen LogP contribution in [0.25, 0.3) is 10.9 Å². The average molecular weight is 344 g/mol. The zero-order valence-electron chi connectivity index (χ0n) is 13.2. The summed E-state index contributed by atoms with van der Waals surface area (Å²) in [5, 5.41) is 2.75. The van der Waals surface area contributed by atoms with Gasteiger partial charge >= 0.3 is 5.97 Å². The number of carbonyl (C=O) groups excluding carboxylic acids is 2. The summed E-state index contributed by atoms with van der Waals surface area (Å²) in [4.78, 5) is 27.2. The van der Waals surface area contributed by atoms with Crippen LogP contribution < -0.4 is 5.32 Å². The molecule has 0 unspecified atom stereocenters. The quantitative estimate of drug-likeness (QED) is 0.710. The minimum absolute atomic E-state index is 0.271. The second-order valence-corrected chi connectivity index (χ2v) is 5.38. The van der Waals surface area contributed by atoms with Crippen LogP contribution in [0.5, 0.6) is 0 Å². The topological polar surface area (TPSA) is 71.2 Å². The maximum absolute atomic E-state index is 13.6. The van der Waals surface area contributed by atoms with Crippen molar-refractivity contribution >= 4 is 28.5 Å². The number of anilines is 1. The van der Waals surface area contributed by atoms with E-state index < -0.39 is 35.3 Å². The van der Waals surface area contributed by atoms with Crippen LogP contribution >= 0.6 is 0 Å². The monoisotopic (exact) mass is 344 g/mol. The number of hydrogen-bond acceptors (Lipinski definition) is 3. The Morgan fingerprint density at radius 1 is 1.08 bits per heavy atom. The molecule has 0 saturated heterocycles. The number of hydrogen-bond donors (Lipinski definition) is 2. The number of rotatable bonds is 4. The molecular weight excluding hydrogens is 330 g/mol. The fraction of sp³-hybridized carbons (Fsp3) is 0.111. The Kier molecular flexibility index (Phi) is 4.47. The Hall–Kier alpha value is -3.22. The number of aromatic amines is 1. The van der Waals surface area contributed by atoms with Gasteiger partial charge in [0.1, 0.15) is 17.3 Å². The molecule has 3 rings (SSSR count). The van der Waals surface area contributed by atoms with Crippen molar-refractivity contribution in [2.45, 2.75) is 13.0 Å². The van der Waals surface area contributed by atoms with Gasteiger partial charge in [0.2, 0.25) is 0 Å². The lowest BCUT2D eigenvalue weighted by Gasteiger charge is -2.14. The number of amides is 1. The zero-order valence-corrected chi connectivity index (χ0v) is 13.2. The maximum Gasteiger partial charge on any atom is 0.341 e. The predicted octanol–water partition coefficient (Wildman–Crippen LogP) is 3.63. The summed E-state index contributed by atoms with van der Waals surface area (Å²) in [7, 11) is 0. The summed E-state index contributed by atoms with van der Waals surface area (Å²) >= 11 is 0. The first-order valence-electron chi connectivity index (χ1n) is 7.49. The van der Waals surface area contributed by atoms with E-state index in [-0.39, 0.29) is 5.56 Å². The van der Waals surface area contributed by atoms with Gasteiger partial charge in [-0.3, -0.25) is 4.79 Å². The summed E-state index contributed by atoms with van der Waals surface area (Å²) in [6.07, 6.45) is 0.244. The SMILES string of the molecule is C[C@H](OC(=O)c1c[nH]c2ccccc12)C(=O)Nc1c(F)cccc1F. The highest BCUT2D eigenvalue weighted by atomic mass is 19.1. The lowest BCUT2D eigenvalue weighted by molar-refractivity contribution is -0.123. The molecule has 0 radical (unpaired) electrons. The standard InChI is InChI=1S/C18H14F2N2O3/c1-10(17(23)22-16-13(19)6-4-7-14(16)20)25-18(24)12-9-21-15-8-3-2-5-11(12)15/h2-10,21H,1H3,(H,22,23)/t10-/m0/s1. The number of para-hydroxylation sites is 2. The summed E-state index contributed by atoms with van der Waals surface area (Å²) in [5.41, 5.74) is 0.440. The van der Waals surface area contributed by atoms with Crippen LogP contribution in [-0.2, 0) is 9.53 Å².